The number of rotatable bonds is 7. The minimum absolute atomic E-state index is 0.269. The quantitative estimate of drug-likeness (QED) is 0.352. The van der Waals surface area contributed by atoms with E-state index < -0.39 is 6.04 Å². The number of hydrogen-bond donors (Lipinski definition) is 4. The van der Waals surface area contributed by atoms with Gasteiger partial charge in [-0.2, -0.15) is 0 Å². The number of nitrogen functional groups attached to an aromatic ring is 1. The number of nitrogens with one attached hydrogen (secondary N) is 3. The van der Waals surface area contributed by atoms with Gasteiger partial charge in [0, 0.05) is 24.9 Å². The number of aryl methyl sites for hydroxylation is 2. The fourth-order valence-electron chi connectivity index (χ4n) is 3.95. The Bertz CT molecular complexity index is 1290. The number of benzene rings is 2. The first-order valence-electron chi connectivity index (χ1n) is 10.8. The normalized spacial score (nSPS) is 11.8. The van der Waals surface area contributed by atoms with Crippen LogP contribution in [0.15, 0.2) is 66.9 Å². The lowest BCUT2D eigenvalue weighted by Crippen LogP contribution is -2.48. The number of fused-ring (bicyclic) bond motifs is 1. The Morgan fingerprint density at radius 1 is 1.06 bits per heavy atom. The fourth-order valence-corrected chi connectivity index (χ4v) is 3.95. The van der Waals surface area contributed by atoms with Gasteiger partial charge in [0.25, 0.3) is 5.91 Å². The summed E-state index contributed by atoms with van der Waals surface area (Å²) in [5, 5.41) is 7.99. The van der Waals surface area contributed by atoms with E-state index >= 15 is 0 Å². The van der Waals surface area contributed by atoms with Crippen molar-refractivity contribution in [3.05, 3.63) is 94.9 Å². The Hall–Kier alpha value is -4.13. The average molecular weight is 442 g/mol. The standard InChI is InChI=1S/C26H27N5O2/c1-16-12-17(2)30-24(16)26(33)31-22(25(32)29-15-18-10-11-23(27)28-14-18)13-20-8-5-7-19-6-3-4-9-21(19)20/h3-12,14,22,30H,13,15H2,1-2H3,(H2,27,28)(H,29,32)(H,31,33)/t22-/m0/s1. The second-order valence-corrected chi connectivity index (χ2v) is 8.19. The molecule has 0 spiro atoms. The van der Waals surface area contributed by atoms with Gasteiger partial charge >= 0.3 is 0 Å². The largest absolute Gasteiger partial charge is 0.384 e. The van der Waals surface area contributed by atoms with Gasteiger partial charge < -0.3 is 21.4 Å². The SMILES string of the molecule is Cc1cc(C)c(C(=O)N[C@@H](Cc2cccc3ccccc23)C(=O)NCc2ccc(N)nc2)[nH]1. The lowest BCUT2D eigenvalue weighted by molar-refractivity contribution is -0.123. The van der Waals surface area contributed by atoms with Crippen molar-refractivity contribution in [2.75, 3.05) is 5.73 Å². The first kappa shape index (κ1) is 22.1. The van der Waals surface area contributed by atoms with E-state index in [2.05, 4.69) is 20.6 Å². The molecule has 1 atom stereocenters. The van der Waals surface area contributed by atoms with Crippen LogP contribution in [0.4, 0.5) is 5.82 Å². The van der Waals surface area contributed by atoms with Gasteiger partial charge in [-0.1, -0.05) is 48.5 Å². The average Bonchev–Trinajstić information content (AvgIpc) is 3.16. The van der Waals surface area contributed by atoms with Gasteiger partial charge in [-0.15, -0.1) is 0 Å². The van der Waals surface area contributed by atoms with E-state index in [4.69, 9.17) is 5.73 Å². The zero-order chi connectivity index (χ0) is 23.4. The molecule has 2 heterocycles. The number of H-pyrrole nitrogens is 1. The van der Waals surface area contributed by atoms with Crippen molar-refractivity contribution in [3.8, 4) is 0 Å². The number of nitrogens with zero attached hydrogens (tertiary/aromatic N) is 1. The summed E-state index contributed by atoms with van der Waals surface area (Å²) in [7, 11) is 0. The van der Waals surface area contributed by atoms with Gasteiger partial charge in [-0.05, 0) is 53.4 Å². The summed E-state index contributed by atoms with van der Waals surface area (Å²) in [6, 6.07) is 18.6. The summed E-state index contributed by atoms with van der Waals surface area (Å²) in [5.41, 5.74) is 9.64. The monoisotopic (exact) mass is 441 g/mol. The van der Waals surface area contributed by atoms with Crippen LogP contribution >= 0.6 is 0 Å². The van der Waals surface area contributed by atoms with Crippen LogP contribution in [0, 0.1) is 13.8 Å². The molecule has 0 radical (unpaired) electrons. The third-order valence-electron chi connectivity index (χ3n) is 5.62. The van der Waals surface area contributed by atoms with Gasteiger partial charge in [0.2, 0.25) is 5.91 Å². The molecule has 2 aromatic heterocycles. The first-order valence-corrected chi connectivity index (χ1v) is 10.8. The predicted octanol–water partition coefficient (Wildman–Crippen LogP) is 3.42. The highest BCUT2D eigenvalue weighted by Crippen LogP contribution is 2.20. The molecule has 0 unspecified atom stereocenters. The van der Waals surface area contributed by atoms with Crippen LogP contribution in [-0.2, 0) is 17.8 Å². The van der Waals surface area contributed by atoms with Crippen molar-refractivity contribution in [1.82, 2.24) is 20.6 Å². The number of nitrogens with two attached hydrogens (primary N) is 1. The van der Waals surface area contributed by atoms with E-state index in [1.165, 1.54) is 0 Å². The van der Waals surface area contributed by atoms with Crippen molar-refractivity contribution in [2.45, 2.75) is 32.9 Å². The second-order valence-electron chi connectivity index (χ2n) is 8.19. The zero-order valence-electron chi connectivity index (χ0n) is 18.7. The number of carbonyl (C=O) groups excluding carboxylic acids is 2. The summed E-state index contributed by atoms with van der Waals surface area (Å²) >= 11 is 0. The minimum atomic E-state index is -0.756. The fraction of sp³-hybridized carbons (Fsp3) is 0.192. The molecule has 7 nitrogen and oxygen atoms in total. The lowest BCUT2D eigenvalue weighted by Gasteiger charge is -2.20. The maximum Gasteiger partial charge on any atom is 0.268 e. The molecule has 0 fully saturated rings. The maximum atomic E-state index is 13.2. The molecule has 7 heteroatoms. The molecule has 2 amide bonds. The van der Waals surface area contributed by atoms with Gasteiger partial charge in [-0.3, -0.25) is 9.59 Å². The number of anilines is 1. The van der Waals surface area contributed by atoms with Crippen LogP contribution in [0.25, 0.3) is 10.8 Å². The molecule has 4 aromatic rings. The molecular weight excluding hydrogens is 414 g/mol. The number of carbonyl (C=O) groups is 2. The molecule has 4 rings (SSSR count). The number of aromatic nitrogens is 2. The number of amides is 2. The number of pyridine rings is 1. The van der Waals surface area contributed by atoms with E-state index in [-0.39, 0.29) is 18.4 Å². The highest BCUT2D eigenvalue weighted by atomic mass is 16.2. The smallest absolute Gasteiger partial charge is 0.268 e. The van der Waals surface area contributed by atoms with E-state index in [0.717, 1.165) is 33.2 Å². The highest BCUT2D eigenvalue weighted by molar-refractivity contribution is 5.97. The Labute approximate surface area is 192 Å². The van der Waals surface area contributed by atoms with Gasteiger partial charge in [-0.25, -0.2) is 4.98 Å². The molecule has 2 aromatic carbocycles. The molecule has 0 aliphatic rings. The molecule has 0 bridgehead atoms. The van der Waals surface area contributed by atoms with Crippen molar-refractivity contribution >= 4 is 28.4 Å². The second kappa shape index (κ2) is 9.56. The van der Waals surface area contributed by atoms with Crippen LogP contribution < -0.4 is 16.4 Å². The third kappa shape index (κ3) is 5.20. The van der Waals surface area contributed by atoms with Crippen LogP contribution in [0.1, 0.15) is 32.9 Å². The molecule has 5 N–H and O–H groups in total. The van der Waals surface area contributed by atoms with Crippen LogP contribution in [0.3, 0.4) is 0 Å². The maximum absolute atomic E-state index is 13.2. The van der Waals surface area contributed by atoms with Crippen LogP contribution in [-0.4, -0.2) is 27.8 Å². The first-order chi connectivity index (χ1) is 15.9. The van der Waals surface area contributed by atoms with E-state index in [0.29, 0.717) is 17.9 Å². The van der Waals surface area contributed by atoms with E-state index in [1.807, 2.05) is 68.4 Å². The molecule has 0 saturated carbocycles. The summed E-state index contributed by atoms with van der Waals surface area (Å²) in [4.78, 5) is 33.4. The highest BCUT2D eigenvalue weighted by Gasteiger charge is 2.24. The molecule has 168 valence electrons. The summed E-state index contributed by atoms with van der Waals surface area (Å²) in [6.07, 6.45) is 1.98. The zero-order valence-corrected chi connectivity index (χ0v) is 18.7. The Morgan fingerprint density at radius 3 is 2.58 bits per heavy atom. The van der Waals surface area contributed by atoms with Crippen LogP contribution in [0.2, 0.25) is 0 Å². The molecule has 33 heavy (non-hydrogen) atoms. The van der Waals surface area contributed by atoms with Crippen LogP contribution in [0.5, 0.6) is 0 Å². The van der Waals surface area contributed by atoms with Gasteiger partial charge in [0.15, 0.2) is 0 Å². The van der Waals surface area contributed by atoms with Crippen molar-refractivity contribution < 1.29 is 9.59 Å². The Kier molecular flexibility index (Phi) is 6.40. The molecule has 0 saturated heterocycles. The van der Waals surface area contributed by atoms with Crippen molar-refractivity contribution in [2.24, 2.45) is 0 Å². The van der Waals surface area contributed by atoms with Gasteiger partial charge in [0.1, 0.15) is 17.6 Å². The predicted molar refractivity (Wildman–Crippen MR) is 130 cm³/mol. The van der Waals surface area contributed by atoms with Crippen molar-refractivity contribution in [3.63, 3.8) is 0 Å². The summed E-state index contributed by atoms with van der Waals surface area (Å²) in [6.45, 7) is 4.05. The number of hydrogen-bond acceptors (Lipinski definition) is 4. The van der Waals surface area contributed by atoms with Gasteiger partial charge in [0.05, 0.1) is 0 Å². The number of aromatic amines is 1. The third-order valence-corrected chi connectivity index (χ3v) is 5.62. The summed E-state index contributed by atoms with van der Waals surface area (Å²) < 4.78 is 0. The lowest BCUT2D eigenvalue weighted by atomic mass is 9.98. The molecule has 0 aliphatic heterocycles. The minimum Gasteiger partial charge on any atom is -0.384 e. The Balaban J connectivity index is 1.57. The Morgan fingerprint density at radius 2 is 1.85 bits per heavy atom. The molecule has 0 aliphatic carbocycles. The van der Waals surface area contributed by atoms with Crippen molar-refractivity contribution in [1.29, 1.82) is 0 Å². The molecular formula is C26H27N5O2. The van der Waals surface area contributed by atoms with E-state index in [1.54, 1.807) is 12.3 Å². The topological polar surface area (TPSA) is 113 Å². The van der Waals surface area contributed by atoms with E-state index in [9.17, 15) is 9.59 Å². The summed E-state index contributed by atoms with van der Waals surface area (Å²) in [5.74, 6) is -0.160.